The first kappa shape index (κ1) is 13.6. The Morgan fingerprint density at radius 1 is 1.42 bits per heavy atom. The zero-order valence-electron chi connectivity index (χ0n) is 11.3. The molecule has 1 heterocycles. The highest BCUT2D eigenvalue weighted by Gasteiger charge is 2.56. The molecule has 0 radical (unpaired) electrons. The van der Waals surface area contributed by atoms with Gasteiger partial charge in [0.25, 0.3) is 5.91 Å². The Balaban J connectivity index is 1.97. The van der Waals surface area contributed by atoms with E-state index in [1.54, 1.807) is 20.8 Å². The zero-order valence-corrected chi connectivity index (χ0v) is 11.3. The van der Waals surface area contributed by atoms with Crippen LogP contribution in [-0.4, -0.2) is 35.7 Å². The van der Waals surface area contributed by atoms with Crippen molar-refractivity contribution < 1.29 is 19.1 Å². The van der Waals surface area contributed by atoms with Crippen molar-refractivity contribution in [2.24, 2.45) is 5.92 Å². The molecule has 1 atom stereocenters. The van der Waals surface area contributed by atoms with Crippen LogP contribution >= 0.6 is 0 Å². The first-order valence-corrected chi connectivity index (χ1v) is 6.33. The van der Waals surface area contributed by atoms with E-state index in [2.05, 4.69) is 16.0 Å². The van der Waals surface area contributed by atoms with Gasteiger partial charge in [-0.3, -0.25) is 10.1 Å². The van der Waals surface area contributed by atoms with E-state index in [-0.39, 0.29) is 18.4 Å². The molecule has 0 aromatic carbocycles. The minimum atomic E-state index is -1.02. The van der Waals surface area contributed by atoms with Crippen LogP contribution in [0.15, 0.2) is 0 Å². The largest absolute Gasteiger partial charge is 0.444 e. The van der Waals surface area contributed by atoms with E-state index < -0.39 is 23.3 Å². The lowest BCUT2D eigenvalue weighted by atomic mass is 9.93. The van der Waals surface area contributed by atoms with Crippen LogP contribution in [0.5, 0.6) is 0 Å². The molecule has 3 N–H and O–H groups in total. The number of urea groups is 1. The maximum Gasteiger partial charge on any atom is 0.407 e. The van der Waals surface area contributed by atoms with Crippen LogP contribution in [0.4, 0.5) is 9.59 Å². The van der Waals surface area contributed by atoms with Gasteiger partial charge in [0.1, 0.15) is 11.1 Å². The zero-order chi connectivity index (χ0) is 14.3. The van der Waals surface area contributed by atoms with Crippen LogP contribution in [-0.2, 0) is 9.53 Å². The number of imide groups is 1. The van der Waals surface area contributed by atoms with Crippen LogP contribution in [0.25, 0.3) is 0 Å². The summed E-state index contributed by atoms with van der Waals surface area (Å²) in [6, 6.07) is -0.511. The minimum Gasteiger partial charge on any atom is -0.444 e. The SMILES string of the molecule is CC(C)(C)OC(=O)NC[C@]1(C2CC2)NC(=O)NC1=O. The molecule has 0 bridgehead atoms. The van der Waals surface area contributed by atoms with Gasteiger partial charge in [-0.1, -0.05) is 0 Å². The average Bonchev–Trinajstić information content (AvgIpc) is 3.01. The molecular formula is C12H19N3O4. The third-order valence-electron chi connectivity index (χ3n) is 3.15. The van der Waals surface area contributed by atoms with Crippen molar-refractivity contribution in [2.75, 3.05) is 6.54 Å². The Kier molecular flexibility index (Phi) is 3.15. The second-order valence-electron chi connectivity index (χ2n) is 6.01. The van der Waals surface area contributed by atoms with E-state index in [4.69, 9.17) is 4.74 Å². The van der Waals surface area contributed by atoms with Gasteiger partial charge < -0.3 is 15.4 Å². The van der Waals surface area contributed by atoms with Gasteiger partial charge in [0.05, 0.1) is 6.54 Å². The van der Waals surface area contributed by atoms with E-state index in [0.29, 0.717) is 0 Å². The molecule has 1 aliphatic carbocycles. The van der Waals surface area contributed by atoms with Gasteiger partial charge in [0.2, 0.25) is 0 Å². The second-order valence-corrected chi connectivity index (χ2v) is 6.01. The fourth-order valence-corrected chi connectivity index (χ4v) is 2.16. The molecule has 2 aliphatic rings. The summed E-state index contributed by atoms with van der Waals surface area (Å²) >= 11 is 0. The molecule has 0 unspecified atom stereocenters. The van der Waals surface area contributed by atoms with Crippen LogP contribution in [0, 0.1) is 5.92 Å². The van der Waals surface area contributed by atoms with Gasteiger partial charge in [0, 0.05) is 0 Å². The topological polar surface area (TPSA) is 96.5 Å². The number of carbonyl (C=O) groups excluding carboxylic acids is 3. The maximum absolute atomic E-state index is 11.9. The summed E-state index contributed by atoms with van der Waals surface area (Å²) in [4.78, 5) is 34.8. The number of alkyl carbamates (subject to hydrolysis) is 1. The minimum absolute atomic E-state index is 0.0458. The summed E-state index contributed by atoms with van der Waals surface area (Å²) in [5.41, 5.74) is -1.62. The molecule has 4 amide bonds. The molecule has 1 saturated carbocycles. The summed E-state index contributed by atoms with van der Waals surface area (Å²) in [7, 11) is 0. The van der Waals surface area contributed by atoms with Crippen molar-refractivity contribution in [1.82, 2.24) is 16.0 Å². The van der Waals surface area contributed by atoms with Crippen molar-refractivity contribution >= 4 is 18.0 Å². The van der Waals surface area contributed by atoms with Crippen LogP contribution in [0.3, 0.4) is 0 Å². The van der Waals surface area contributed by atoms with E-state index in [0.717, 1.165) is 12.8 Å². The summed E-state index contributed by atoms with van der Waals surface area (Å²) in [5.74, 6) is -0.301. The quantitative estimate of drug-likeness (QED) is 0.650. The first-order valence-electron chi connectivity index (χ1n) is 6.33. The van der Waals surface area contributed by atoms with Crippen LogP contribution < -0.4 is 16.0 Å². The number of hydrogen-bond donors (Lipinski definition) is 3. The normalized spacial score (nSPS) is 26.7. The molecule has 0 spiro atoms. The molecule has 106 valence electrons. The van der Waals surface area contributed by atoms with Crippen molar-refractivity contribution in [1.29, 1.82) is 0 Å². The van der Waals surface area contributed by atoms with Gasteiger partial charge in [-0.25, -0.2) is 9.59 Å². The van der Waals surface area contributed by atoms with Crippen molar-refractivity contribution in [3.05, 3.63) is 0 Å². The van der Waals surface area contributed by atoms with E-state index in [1.807, 2.05) is 0 Å². The number of rotatable bonds is 3. The number of nitrogens with one attached hydrogen (secondary N) is 3. The monoisotopic (exact) mass is 269 g/mol. The lowest BCUT2D eigenvalue weighted by Gasteiger charge is -2.27. The average molecular weight is 269 g/mol. The summed E-state index contributed by atoms with van der Waals surface area (Å²) in [6.07, 6.45) is 1.13. The third kappa shape index (κ3) is 2.97. The van der Waals surface area contributed by atoms with Gasteiger partial charge in [0.15, 0.2) is 0 Å². The first-order chi connectivity index (χ1) is 8.73. The highest BCUT2D eigenvalue weighted by molar-refractivity contribution is 6.07. The van der Waals surface area contributed by atoms with E-state index in [1.165, 1.54) is 0 Å². The Bertz CT molecular complexity index is 425. The molecule has 7 nitrogen and oxygen atoms in total. The predicted octanol–water partition coefficient (Wildman–Crippen LogP) is 0.499. The van der Waals surface area contributed by atoms with Gasteiger partial charge in [-0.05, 0) is 39.5 Å². The molecule has 1 aliphatic heterocycles. The molecule has 19 heavy (non-hydrogen) atoms. The lowest BCUT2D eigenvalue weighted by molar-refractivity contribution is -0.124. The number of ether oxygens (including phenoxy) is 1. The molecular weight excluding hydrogens is 250 g/mol. The van der Waals surface area contributed by atoms with E-state index in [9.17, 15) is 14.4 Å². The standard InChI is InChI=1S/C12H19N3O4/c1-11(2,3)19-10(18)13-6-12(7-4-5-7)8(16)14-9(17)15-12/h7H,4-6H2,1-3H3,(H,13,18)(H2,14,15,16,17)/t12-/m1/s1. The maximum atomic E-state index is 11.9. The van der Waals surface area contributed by atoms with Crippen molar-refractivity contribution in [3.8, 4) is 0 Å². The fraction of sp³-hybridized carbons (Fsp3) is 0.750. The Morgan fingerprint density at radius 2 is 2.05 bits per heavy atom. The number of carbonyl (C=O) groups is 3. The Labute approximate surface area is 111 Å². The van der Waals surface area contributed by atoms with Crippen molar-refractivity contribution in [3.63, 3.8) is 0 Å². The summed E-state index contributed by atoms with van der Waals surface area (Å²) in [5, 5.41) is 7.40. The fourth-order valence-electron chi connectivity index (χ4n) is 2.16. The molecule has 0 aromatic rings. The number of hydrogen-bond acceptors (Lipinski definition) is 4. The van der Waals surface area contributed by atoms with Crippen LogP contribution in [0.2, 0.25) is 0 Å². The molecule has 1 saturated heterocycles. The molecule has 2 rings (SSSR count). The van der Waals surface area contributed by atoms with Gasteiger partial charge >= 0.3 is 12.1 Å². The highest BCUT2D eigenvalue weighted by Crippen LogP contribution is 2.41. The Morgan fingerprint density at radius 3 is 2.47 bits per heavy atom. The Hall–Kier alpha value is -1.79. The second kappa shape index (κ2) is 4.40. The molecule has 0 aromatic heterocycles. The van der Waals surface area contributed by atoms with Gasteiger partial charge in [-0.15, -0.1) is 0 Å². The smallest absolute Gasteiger partial charge is 0.407 e. The van der Waals surface area contributed by atoms with Crippen molar-refractivity contribution in [2.45, 2.75) is 44.8 Å². The molecule has 7 heteroatoms. The third-order valence-corrected chi connectivity index (χ3v) is 3.15. The highest BCUT2D eigenvalue weighted by atomic mass is 16.6. The summed E-state index contributed by atoms with van der Waals surface area (Å²) in [6.45, 7) is 5.32. The predicted molar refractivity (Wildman–Crippen MR) is 66.4 cm³/mol. The van der Waals surface area contributed by atoms with Crippen LogP contribution in [0.1, 0.15) is 33.6 Å². The summed E-state index contributed by atoms with van der Waals surface area (Å²) < 4.78 is 5.11. The number of amides is 4. The van der Waals surface area contributed by atoms with E-state index >= 15 is 0 Å². The lowest BCUT2D eigenvalue weighted by Crippen LogP contribution is -2.57. The molecule has 2 fully saturated rings. The van der Waals surface area contributed by atoms with Gasteiger partial charge in [-0.2, -0.15) is 0 Å².